The molecule has 0 atom stereocenters. The average molecular weight is 450 g/mol. The molecule has 1 aromatic heterocycles. The molecule has 1 aromatic carbocycles. The number of benzene rings is 1. The number of hydrogen-bond acceptors (Lipinski definition) is 6. The number of nitrogens with zero attached hydrogens (tertiary/aromatic N) is 5. The van der Waals surface area contributed by atoms with Crippen LogP contribution >= 0.6 is 11.8 Å². The lowest BCUT2D eigenvalue weighted by Crippen LogP contribution is -2.44. The fourth-order valence-electron chi connectivity index (χ4n) is 3.07. The predicted octanol–water partition coefficient (Wildman–Crippen LogP) is 1.81. The molecule has 0 amide bonds. The van der Waals surface area contributed by atoms with Crippen LogP contribution < -0.4 is 10.6 Å². The quantitative estimate of drug-likeness (QED) is 0.248. The molecule has 1 aliphatic heterocycles. The SMILES string of the molecule is Cc1nnc(CN=C(NCCCSc2ccc(F)cc2)NCCN2CCOCC2)n1C. The van der Waals surface area contributed by atoms with Gasteiger partial charge in [-0.15, -0.1) is 22.0 Å². The Balaban J connectivity index is 1.44. The zero-order valence-electron chi connectivity index (χ0n) is 18.3. The lowest BCUT2D eigenvalue weighted by molar-refractivity contribution is 0.0389. The summed E-state index contributed by atoms with van der Waals surface area (Å²) in [6, 6.07) is 6.63. The molecule has 2 N–H and O–H groups in total. The normalized spacial score (nSPS) is 15.3. The smallest absolute Gasteiger partial charge is 0.191 e. The van der Waals surface area contributed by atoms with Crippen LogP contribution in [0.15, 0.2) is 34.2 Å². The second-order valence-corrected chi connectivity index (χ2v) is 8.52. The van der Waals surface area contributed by atoms with Crippen molar-refractivity contribution < 1.29 is 9.13 Å². The molecule has 2 aromatic rings. The summed E-state index contributed by atoms with van der Waals surface area (Å²) < 4.78 is 20.4. The van der Waals surface area contributed by atoms with Crippen LogP contribution in [0.5, 0.6) is 0 Å². The first-order valence-corrected chi connectivity index (χ1v) is 11.7. The van der Waals surface area contributed by atoms with Crippen LogP contribution in [0.4, 0.5) is 4.39 Å². The van der Waals surface area contributed by atoms with Gasteiger partial charge in [0.05, 0.1) is 13.2 Å². The van der Waals surface area contributed by atoms with Crippen molar-refractivity contribution in [3.63, 3.8) is 0 Å². The number of aliphatic imine (C=N–C) groups is 1. The Hall–Kier alpha value is -2.17. The monoisotopic (exact) mass is 449 g/mol. The van der Waals surface area contributed by atoms with E-state index in [-0.39, 0.29) is 5.82 Å². The van der Waals surface area contributed by atoms with Gasteiger partial charge in [-0.1, -0.05) is 0 Å². The van der Waals surface area contributed by atoms with E-state index in [1.165, 1.54) is 12.1 Å². The van der Waals surface area contributed by atoms with E-state index < -0.39 is 0 Å². The maximum atomic E-state index is 13.0. The van der Waals surface area contributed by atoms with Gasteiger partial charge in [0.25, 0.3) is 0 Å². The van der Waals surface area contributed by atoms with Gasteiger partial charge in [-0.2, -0.15) is 0 Å². The molecule has 8 nitrogen and oxygen atoms in total. The largest absolute Gasteiger partial charge is 0.379 e. The number of nitrogens with one attached hydrogen (secondary N) is 2. The van der Waals surface area contributed by atoms with Crippen molar-refractivity contribution in [3.05, 3.63) is 41.7 Å². The minimum atomic E-state index is -0.201. The molecule has 1 fully saturated rings. The van der Waals surface area contributed by atoms with Gasteiger partial charge in [0, 0.05) is 44.7 Å². The number of rotatable bonds is 10. The molecule has 0 bridgehead atoms. The zero-order chi connectivity index (χ0) is 21.9. The number of morpholine rings is 1. The number of aryl methyl sites for hydroxylation is 1. The van der Waals surface area contributed by atoms with Gasteiger partial charge < -0.3 is 19.9 Å². The Bertz CT molecular complexity index is 822. The first-order valence-electron chi connectivity index (χ1n) is 10.7. The molecule has 2 heterocycles. The summed E-state index contributed by atoms with van der Waals surface area (Å²) in [5, 5.41) is 15.1. The van der Waals surface area contributed by atoms with E-state index in [2.05, 4.69) is 25.7 Å². The van der Waals surface area contributed by atoms with Crippen LogP contribution in [0.3, 0.4) is 0 Å². The molecular formula is C21H32FN7OS. The van der Waals surface area contributed by atoms with Crippen LogP contribution in [0.2, 0.25) is 0 Å². The fourth-order valence-corrected chi connectivity index (χ4v) is 3.92. The third-order valence-electron chi connectivity index (χ3n) is 5.08. The molecule has 170 valence electrons. The molecule has 0 unspecified atom stereocenters. The highest BCUT2D eigenvalue weighted by Crippen LogP contribution is 2.18. The number of ether oxygens (including phenoxy) is 1. The zero-order valence-corrected chi connectivity index (χ0v) is 19.1. The molecular weight excluding hydrogens is 417 g/mol. The number of aromatic nitrogens is 3. The summed E-state index contributed by atoms with van der Waals surface area (Å²) in [6.07, 6.45) is 0.968. The minimum absolute atomic E-state index is 0.201. The topological polar surface area (TPSA) is 79.6 Å². The molecule has 10 heteroatoms. The minimum Gasteiger partial charge on any atom is -0.379 e. The standard InChI is InChI=1S/C21H32FN7OS/c1-17-26-27-20(28(17)2)16-25-21(24-9-10-29-11-13-30-14-12-29)23-8-3-15-31-19-6-4-18(22)5-7-19/h4-7H,3,8-16H2,1-2H3,(H2,23,24,25). The highest BCUT2D eigenvalue weighted by atomic mass is 32.2. The summed E-state index contributed by atoms with van der Waals surface area (Å²) in [7, 11) is 1.95. The Kier molecular flexibility index (Phi) is 9.57. The third-order valence-corrected chi connectivity index (χ3v) is 6.18. The maximum Gasteiger partial charge on any atom is 0.191 e. The lowest BCUT2D eigenvalue weighted by Gasteiger charge is -2.26. The van der Waals surface area contributed by atoms with Crippen molar-refractivity contribution in [1.29, 1.82) is 0 Å². The van der Waals surface area contributed by atoms with E-state index in [9.17, 15) is 4.39 Å². The fraction of sp³-hybridized carbons (Fsp3) is 0.571. The second-order valence-electron chi connectivity index (χ2n) is 7.35. The van der Waals surface area contributed by atoms with Crippen molar-refractivity contribution in [1.82, 2.24) is 30.3 Å². The molecule has 1 saturated heterocycles. The Morgan fingerprint density at radius 2 is 1.90 bits per heavy atom. The molecule has 3 rings (SSSR count). The van der Waals surface area contributed by atoms with Crippen molar-refractivity contribution >= 4 is 17.7 Å². The summed E-state index contributed by atoms with van der Waals surface area (Å²) in [6.45, 7) is 8.51. The first kappa shape index (κ1) is 23.5. The molecule has 0 spiro atoms. The van der Waals surface area contributed by atoms with E-state index >= 15 is 0 Å². The predicted molar refractivity (Wildman–Crippen MR) is 122 cm³/mol. The van der Waals surface area contributed by atoms with Gasteiger partial charge >= 0.3 is 0 Å². The third kappa shape index (κ3) is 8.12. The van der Waals surface area contributed by atoms with Gasteiger partial charge in [0.1, 0.15) is 18.2 Å². The average Bonchev–Trinajstić information content (AvgIpc) is 3.11. The van der Waals surface area contributed by atoms with Gasteiger partial charge in [0.15, 0.2) is 11.8 Å². The second kappa shape index (κ2) is 12.6. The highest BCUT2D eigenvalue weighted by molar-refractivity contribution is 7.99. The van der Waals surface area contributed by atoms with E-state index in [0.717, 1.165) is 80.6 Å². The van der Waals surface area contributed by atoms with Crippen LogP contribution in [-0.2, 0) is 18.3 Å². The molecule has 31 heavy (non-hydrogen) atoms. The van der Waals surface area contributed by atoms with Crippen molar-refractivity contribution in [2.45, 2.75) is 24.8 Å². The summed E-state index contributed by atoms with van der Waals surface area (Å²) in [5.41, 5.74) is 0. The molecule has 1 aliphatic rings. The Labute approximate surface area is 187 Å². The van der Waals surface area contributed by atoms with Crippen LogP contribution in [0.25, 0.3) is 0 Å². The van der Waals surface area contributed by atoms with Gasteiger partial charge in [-0.25, -0.2) is 9.38 Å². The number of hydrogen-bond donors (Lipinski definition) is 2. The van der Waals surface area contributed by atoms with E-state index in [1.54, 1.807) is 11.8 Å². The van der Waals surface area contributed by atoms with Gasteiger partial charge in [-0.05, 0) is 43.4 Å². The lowest BCUT2D eigenvalue weighted by atomic mass is 10.4. The van der Waals surface area contributed by atoms with E-state index in [1.807, 2.05) is 30.7 Å². The van der Waals surface area contributed by atoms with E-state index in [0.29, 0.717) is 6.54 Å². The van der Waals surface area contributed by atoms with Gasteiger partial charge in [0.2, 0.25) is 0 Å². The van der Waals surface area contributed by atoms with Gasteiger partial charge in [-0.3, -0.25) is 4.90 Å². The van der Waals surface area contributed by atoms with Crippen LogP contribution in [0, 0.1) is 12.7 Å². The number of guanidine groups is 1. The summed E-state index contributed by atoms with van der Waals surface area (Å²) in [5.74, 6) is 3.23. The first-order chi connectivity index (χ1) is 15.1. The highest BCUT2D eigenvalue weighted by Gasteiger charge is 2.10. The molecule has 0 saturated carbocycles. The molecule has 0 radical (unpaired) electrons. The van der Waals surface area contributed by atoms with Crippen LogP contribution in [0.1, 0.15) is 18.1 Å². The Morgan fingerprint density at radius 3 is 2.61 bits per heavy atom. The van der Waals surface area contributed by atoms with E-state index in [4.69, 9.17) is 9.73 Å². The van der Waals surface area contributed by atoms with Crippen molar-refractivity contribution in [2.24, 2.45) is 12.0 Å². The van der Waals surface area contributed by atoms with Crippen molar-refractivity contribution in [3.8, 4) is 0 Å². The van der Waals surface area contributed by atoms with Crippen molar-refractivity contribution in [2.75, 3.05) is 51.7 Å². The number of halogens is 1. The summed E-state index contributed by atoms with van der Waals surface area (Å²) in [4.78, 5) is 8.16. The molecule has 0 aliphatic carbocycles. The maximum absolute atomic E-state index is 13.0. The number of thioether (sulfide) groups is 1. The summed E-state index contributed by atoms with van der Waals surface area (Å²) >= 11 is 1.73. The van der Waals surface area contributed by atoms with Crippen LogP contribution in [-0.4, -0.2) is 77.3 Å². The Morgan fingerprint density at radius 1 is 1.16 bits per heavy atom.